The molecule has 0 aliphatic carbocycles. The summed E-state index contributed by atoms with van der Waals surface area (Å²) in [6, 6.07) is 15.7. The first-order chi connectivity index (χ1) is 22.5. The zero-order valence-corrected chi connectivity index (χ0v) is 27.4. The Hall–Kier alpha value is -3.83. The molecule has 1 aromatic heterocycles. The van der Waals surface area contributed by atoms with Crippen LogP contribution in [0.2, 0.25) is 0 Å². The van der Waals surface area contributed by atoms with Gasteiger partial charge in [-0.05, 0) is 75.4 Å². The molecule has 0 radical (unpaired) electrons. The molecule has 2 amide bonds. The highest BCUT2D eigenvalue weighted by molar-refractivity contribution is 5.96. The van der Waals surface area contributed by atoms with E-state index in [0.29, 0.717) is 72.4 Å². The van der Waals surface area contributed by atoms with Crippen molar-refractivity contribution in [3.05, 3.63) is 77.5 Å². The van der Waals surface area contributed by atoms with Crippen molar-refractivity contribution in [2.45, 2.75) is 46.1 Å². The molecule has 2 aromatic carbocycles. The number of benzene rings is 2. The van der Waals surface area contributed by atoms with Crippen molar-refractivity contribution >= 4 is 17.9 Å². The van der Waals surface area contributed by atoms with Crippen LogP contribution in [0.25, 0.3) is 23.0 Å². The minimum atomic E-state index is -0.511. The van der Waals surface area contributed by atoms with Crippen molar-refractivity contribution in [2.24, 2.45) is 0 Å². The predicted octanol–water partition coefficient (Wildman–Crippen LogP) is 4.75. The quantitative estimate of drug-likeness (QED) is 0.159. The maximum absolute atomic E-state index is 13.5. The number of hydrogen-bond donors (Lipinski definition) is 1. The zero-order chi connectivity index (χ0) is 32.6. The first-order valence-electron chi connectivity index (χ1n) is 16.3. The average molecular weight is 633 g/mol. The van der Waals surface area contributed by atoms with Gasteiger partial charge in [-0.25, -0.2) is 4.68 Å². The van der Waals surface area contributed by atoms with E-state index < -0.39 is 6.04 Å². The van der Waals surface area contributed by atoms with Gasteiger partial charge in [0.2, 0.25) is 11.8 Å². The van der Waals surface area contributed by atoms with E-state index in [-0.39, 0.29) is 11.8 Å². The van der Waals surface area contributed by atoms with Crippen molar-refractivity contribution in [3.63, 3.8) is 0 Å². The fourth-order valence-corrected chi connectivity index (χ4v) is 5.23. The van der Waals surface area contributed by atoms with E-state index in [0.717, 1.165) is 35.3 Å². The van der Waals surface area contributed by atoms with Crippen molar-refractivity contribution in [1.29, 1.82) is 0 Å². The molecule has 10 nitrogen and oxygen atoms in total. The third-order valence-corrected chi connectivity index (χ3v) is 7.90. The molecule has 46 heavy (non-hydrogen) atoms. The predicted molar refractivity (Wildman–Crippen MR) is 179 cm³/mol. The molecule has 1 aliphatic rings. The number of nitrogens with zero attached hydrogens (tertiary/aromatic N) is 3. The van der Waals surface area contributed by atoms with Gasteiger partial charge in [0.25, 0.3) is 0 Å². The summed E-state index contributed by atoms with van der Waals surface area (Å²) >= 11 is 0. The largest absolute Gasteiger partial charge is 0.379 e. The highest BCUT2D eigenvalue weighted by Crippen LogP contribution is 2.27. The molecule has 4 rings (SSSR count). The van der Waals surface area contributed by atoms with Crippen LogP contribution in [0.3, 0.4) is 0 Å². The van der Waals surface area contributed by atoms with E-state index in [4.69, 9.17) is 24.0 Å². The van der Waals surface area contributed by atoms with Crippen LogP contribution in [0.15, 0.2) is 60.8 Å². The Bertz CT molecular complexity index is 1410. The number of para-hydroxylation sites is 1. The van der Waals surface area contributed by atoms with E-state index in [1.54, 1.807) is 11.0 Å². The zero-order valence-electron chi connectivity index (χ0n) is 27.4. The maximum atomic E-state index is 13.5. The Labute approximate surface area is 272 Å². The smallest absolute Gasteiger partial charge is 0.247 e. The van der Waals surface area contributed by atoms with Crippen molar-refractivity contribution < 1.29 is 28.5 Å². The summed E-state index contributed by atoms with van der Waals surface area (Å²) in [4.78, 5) is 28.3. The molecule has 1 unspecified atom stereocenters. The van der Waals surface area contributed by atoms with Gasteiger partial charge in [0.15, 0.2) is 0 Å². The van der Waals surface area contributed by atoms with E-state index in [2.05, 4.69) is 37.4 Å². The van der Waals surface area contributed by atoms with Gasteiger partial charge >= 0.3 is 0 Å². The van der Waals surface area contributed by atoms with Gasteiger partial charge < -0.3 is 29.2 Å². The monoisotopic (exact) mass is 632 g/mol. The Morgan fingerprint density at radius 2 is 1.59 bits per heavy atom. The second-order valence-electron chi connectivity index (χ2n) is 11.2. The molecule has 2 heterocycles. The van der Waals surface area contributed by atoms with E-state index in [1.807, 2.05) is 54.2 Å². The second-order valence-corrected chi connectivity index (χ2v) is 11.2. The summed E-state index contributed by atoms with van der Waals surface area (Å²) in [5, 5.41) is 7.83. The number of amides is 2. The van der Waals surface area contributed by atoms with Crippen molar-refractivity contribution in [1.82, 2.24) is 20.0 Å². The summed E-state index contributed by atoms with van der Waals surface area (Å²) in [5.74, 6) is -0.341. The van der Waals surface area contributed by atoms with Gasteiger partial charge in [0.05, 0.1) is 57.6 Å². The standard InChI is InChI=1S/C36H48N4O6/c1-4-43-20-21-45-24-25-46-23-22-44-19-17-37-36(42)33-12-8-9-18-39(33)34(41)16-15-31-27-40(32-10-6-5-7-11-32)38-35(31)30-14-13-28(2)29(3)26-30/h5-7,10-11,13-16,26-27,33H,4,8-9,12,17-25H2,1-3H3,(H,37,42)/b16-15+. The van der Waals surface area contributed by atoms with Crippen LogP contribution in [0.1, 0.15) is 42.9 Å². The van der Waals surface area contributed by atoms with Gasteiger partial charge in [0.1, 0.15) is 6.04 Å². The lowest BCUT2D eigenvalue weighted by Crippen LogP contribution is -2.51. The van der Waals surface area contributed by atoms with Gasteiger partial charge in [-0.15, -0.1) is 0 Å². The fourth-order valence-electron chi connectivity index (χ4n) is 5.23. The first kappa shape index (κ1) is 35.0. The number of hydrogen-bond acceptors (Lipinski definition) is 7. The molecule has 1 atom stereocenters. The summed E-state index contributed by atoms with van der Waals surface area (Å²) in [5.41, 5.74) is 5.92. The van der Waals surface area contributed by atoms with Gasteiger partial charge in [-0.3, -0.25) is 9.59 Å². The molecule has 0 bridgehead atoms. The van der Waals surface area contributed by atoms with Gasteiger partial charge in [-0.2, -0.15) is 5.10 Å². The molecule has 10 heteroatoms. The summed E-state index contributed by atoms with van der Waals surface area (Å²) in [6.07, 6.45) is 7.71. The number of carbonyl (C=O) groups is 2. The number of aromatic nitrogens is 2. The topological polar surface area (TPSA) is 104 Å². The van der Waals surface area contributed by atoms with Gasteiger partial charge in [0, 0.05) is 43.1 Å². The SMILES string of the molecule is CCOCCOCCOCCOCCNC(=O)C1CCCCN1C(=O)/C=C/c1cn(-c2ccccc2)nc1-c1ccc(C)c(C)c1. The Morgan fingerprint density at radius 3 is 2.28 bits per heavy atom. The van der Waals surface area contributed by atoms with Gasteiger partial charge in [-0.1, -0.05) is 30.3 Å². The lowest BCUT2D eigenvalue weighted by molar-refractivity contribution is -0.138. The van der Waals surface area contributed by atoms with E-state index in [1.165, 1.54) is 11.1 Å². The molecule has 248 valence electrons. The van der Waals surface area contributed by atoms with E-state index in [9.17, 15) is 9.59 Å². The molecule has 1 N–H and O–H groups in total. The number of carbonyl (C=O) groups excluding carboxylic acids is 2. The van der Waals surface area contributed by atoms with Crippen LogP contribution in [0, 0.1) is 13.8 Å². The third-order valence-electron chi connectivity index (χ3n) is 7.90. The first-order valence-corrected chi connectivity index (χ1v) is 16.3. The molecule has 1 saturated heterocycles. The number of ether oxygens (including phenoxy) is 4. The van der Waals surface area contributed by atoms with E-state index >= 15 is 0 Å². The maximum Gasteiger partial charge on any atom is 0.247 e. The van der Waals surface area contributed by atoms with Crippen LogP contribution >= 0.6 is 0 Å². The Morgan fingerprint density at radius 1 is 0.891 bits per heavy atom. The van der Waals surface area contributed by atoms with Crippen molar-refractivity contribution in [2.75, 3.05) is 65.9 Å². The number of piperidine rings is 1. The fraction of sp³-hybridized carbons (Fsp3) is 0.472. The van der Waals surface area contributed by atoms with Crippen LogP contribution in [-0.2, 0) is 28.5 Å². The Balaban J connectivity index is 1.29. The molecular formula is C36H48N4O6. The third kappa shape index (κ3) is 10.6. The minimum absolute atomic E-state index is 0.154. The highest BCUT2D eigenvalue weighted by atomic mass is 16.6. The lowest BCUT2D eigenvalue weighted by atomic mass is 10.0. The van der Waals surface area contributed by atoms with Crippen LogP contribution in [-0.4, -0.2) is 98.5 Å². The molecule has 1 fully saturated rings. The summed E-state index contributed by atoms with van der Waals surface area (Å²) < 4.78 is 23.5. The number of aryl methyl sites for hydroxylation is 2. The lowest BCUT2D eigenvalue weighted by Gasteiger charge is -2.34. The van der Waals surface area contributed by atoms with Crippen molar-refractivity contribution in [3.8, 4) is 16.9 Å². The Kier molecular flexibility index (Phi) is 14.5. The number of likely N-dealkylation sites (tertiary alicyclic amines) is 1. The molecule has 3 aromatic rings. The van der Waals surface area contributed by atoms with Crippen LogP contribution < -0.4 is 5.32 Å². The summed E-state index contributed by atoms with van der Waals surface area (Å²) in [6.45, 7) is 11.1. The molecule has 0 saturated carbocycles. The molecule has 0 spiro atoms. The minimum Gasteiger partial charge on any atom is -0.379 e. The van der Waals surface area contributed by atoms with Crippen LogP contribution in [0.5, 0.6) is 0 Å². The molecule has 1 aliphatic heterocycles. The average Bonchev–Trinajstić information content (AvgIpc) is 3.51. The number of rotatable bonds is 18. The normalized spacial score (nSPS) is 15.0. The van der Waals surface area contributed by atoms with Crippen LogP contribution in [0.4, 0.5) is 0 Å². The number of nitrogens with one attached hydrogen (secondary N) is 1. The molecular weight excluding hydrogens is 584 g/mol. The second kappa shape index (κ2) is 19.0. The summed E-state index contributed by atoms with van der Waals surface area (Å²) in [7, 11) is 0. The highest BCUT2D eigenvalue weighted by Gasteiger charge is 2.31.